The molecule has 5 nitrogen and oxygen atoms in total. The van der Waals surface area contributed by atoms with Gasteiger partial charge in [0.2, 0.25) is 4.80 Å². The predicted molar refractivity (Wildman–Crippen MR) is 99.0 cm³/mol. The molecule has 1 aromatic heterocycles. The Morgan fingerprint density at radius 2 is 1.97 bits per heavy atom. The highest BCUT2D eigenvalue weighted by molar-refractivity contribution is 7.09. The molecule has 0 aliphatic carbocycles. The normalized spacial score (nSPS) is 17.3. The van der Waals surface area contributed by atoms with Crippen LogP contribution in [-0.2, 0) is 22.9 Å². The van der Waals surface area contributed by atoms with Crippen LogP contribution in [0, 0.1) is 11.2 Å². The number of rotatable bonds is 3. The summed E-state index contributed by atoms with van der Waals surface area (Å²) >= 11 is 1.16. The first-order valence-corrected chi connectivity index (χ1v) is 9.72. The molecule has 1 aliphatic heterocycles. The summed E-state index contributed by atoms with van der Waals surface area (Å²) in [7, 11) is 0. The molecule has 2 heterocycles. The summed E-state index contributed by atoms with van der Waals surface area (Å²) in [4.78, 5) is 16.7. The van der Waals surface area contributed by atoms with Gasteiger partial charge in [-0.05, 0) is 18.2 Å². The molecule has 0 spiro atoms. The zero-order valence-electron chi connectivity index (χ0n) is 16.4. The molecule has 1 fully saturated rings. The first kappa shape index (κ1) is 21.6. The number of benzene rings is 1. The molecule has 1 aromatic carbocycles. The maximum absolute atomic E-state index is 14.1. The molecule has 0 unspecified atom stereocenters. The standard InChI is InChI=1S/C19H21F4N3O2S/c1-17(2,3)15-25-26(8-18(4)9-28-10-18)16(29-15)24-14(27)12-7-11(19(21,22)23)5-6-13(12)20/h5-7H,8-10H2,1-4H3. The molecule has 10 heteroatoms. The van der Waals surface area contributed by atoms with E-state index in [-0.39, 0.29) is 15.6 Å². The lowest BCUT2D eigenvalue weighted by Gasteiger charge is -2.37. The molecule has 0 radical (unpaired) electrons. The van der Waals surface area contributed by atoms with Gasteiger partial charge in [0.1, 0.15) is 10.8 Å². The average Bonchev–Trinajstić information content (AvgIpc) is 2.95. The lowest BCUT2D eigenvalue weighted by atomic mass is 9.89. The highest BCUT2D eigenvalue weighted by Crippen LogP contribution is 2.31. The first-order valence-electron chi connectivity index (χ1n) is 8.91. The second kappa shape index (κ2) is 7.32. The zero-order chi connectivity index (χ0) is 21.6. The maximum atomic E-state index is 14.1. The lowest BCUT2D eigenvalue weighted by molar-refractivity contribution is -0.137. The van der Waals surface area contributed by atoms with Crippen molar-refractivity contribution >= 4 is 17.2 Å². The lowest BCUT2D eigenvalue weighted by Crippen LogP contribution is -2.45. The number of hydrogen-bond donors (Lipinski definition) is 0. The molecule has 1 aliphatic rings. The van der Waals surface area contributed by atoms with E-state index >= 15 is 0 Å². The van der Waals surface area contributed by atoms with Crippen LogP contribution in [0.3, 0.4) is 0 Å². The quantitative estimate of drug-likeness (QED) is 0.686. The van der Waals surface area contributed by atoms with Crippen molar-refractivity contribution in [2.24, 2.45) is 10.4 Å². The number of amides is 1. The molecule has 1 saturated heterocycles. The van der Waals surface area contributed by atoms with Gasteiger partial charge in [-0.3, -0.25) is 4.79 Å². The Morgan fingerprint density at radius 3 is 2.48 bits per heavy atom. The fourth-order valence-electron chi connectivity index (χ4n) is 2.71. The van der Waals surface area contributed by atoms with Crippen molar-refractivity contribution < 1.29 is 27.1 Å². The molecule has 1 amide bonds. The highest BCUT2D eigenvalue weighted by atomic mass is 32.1. The van der Waals surface area contributed by atoms with E-state index in [1.165, 1.54) is 0 Å². The van der Waals surface area contributed by atoms with Gasteiger partial charge in [-0.25, -0.2) is 9.07 Å². The van der Waals surface area contributed by atoms with Crippen molar-refractivity contribution in [3.8, 4) is 0 Å². The van der Waals surface area contributed by atoms with E-state index in [2.05, 4.69) is 10.1 Å². The van der Waals surface area contributed by atoms with Crippen molar-refractivity contribution in [2.75, 3.05) is 13.2 Å². The van der Waals surface area contributed by atoms with Gasteiger partial charge in [0.05, 0.1) is 30.9 Å². The van der Waals surface area contributed by atoms with Crippen LogP contribution in [0.15, 0.2) is 23.2 Å². The minimum Gasteiger partial charge on any atom is -0.380 e. The summed E-state index contributed by atoms with van der Waals surface area (Å²) in [6, 6.07) is 1.70. The third kappa shape index (κ3) is 4.75. The number of ether oxygens (including phenoxy) is 1. The van der Waals surface area contributed by atoms with Crippen LogP contribution in [0.5, 0.6) is 0 Å². The molecule has 0 bridgehead atoms. The molecule has 3 rings (SSSR count). The van der Waals surface area contributed by atoms with Gasteiger partial charge in [-0.2, -0.15) is 23.3 Å². The van der Waals surface area contributed by atoms with Crippen LogP contribution in [0.4, 0.5) is 17.6 Å². The number of nitrogens with zero attached hydrogens (tertiary/aromatic N) is 3. The maximum Gasteiger partial charge on any atom is 0.416 e. The number of aromatic nitrogens is 2. The SMILES string of the molecule is CC1(Cn2nc(C(C)(C)C)sc2=NC(=O)c2cc(C(F)(F)F)ccc2F)COC1. The van der Waals surface area contributed by atoms with Crippen LogP contribution in [0.25, 0.3) is 0 Å². The Balaban J connectivity index is 2.05. The van der Waals surface area contributed by atoms with Gasteiger partial charge >= 0.3 is 6.18 Å². The van der Waals surface area contributed by atoms with Crippen molar-refractivity contribution in [3.63, 3.8) is 0 Å². The van der Waals surface area contributed by atoms with Gasteiger partial charge in [-0.1, -0.05) is 39.0 Å². The van der Waals surface area contributed by atoms with E-state index < -0.39 is 29.0 Å². The number of carbonyl (C=O) groups is 1. The van der Waals surface area contributed by atoms with Crippen LogP contribution in [0.1, 0.15) is 48.6 Å². The first-order chi connectivity index (χ1) is 13.3. The van der Waals surface area contributed by atoms with Gasteiger partial charge in [0.25, 0.3) is 5.91 Å². The van der Waals surface area contributed by atoms with Crippen LogP contribution in [0.2, 0.25) is 0 Å². The minimum absolute atomic E-state index is 0.178. The van der Waals surface area contributed by atoms with Crippen LogP contribution >= 0.6 is 11.3 Å². The van der Waals surface area contributed by atoms with Crippen LogP contribution < -0.4 is 4.80 Å². The highest BCUT2D eigenvalue weighted by Gasteiger charge is 2.35. The summed E-state index contributed by atoms with van der Waals surface area (Å²) in [5.74, 6) is -2.14. The van der Waals surface area contributed by atoms with Gasteiger partial charge in [0, 0.05) is 10.8 Å². The summed E-state index contributed by atoms with van der Waals surface area (Å²) in [6.45, 7) is 9.32. The summed E-state index contributed by atoms with van der Waals surface area (Å²) in [5, 5.41) is 5.24. The largest absolute Gasteiger partial charge is 0.416 e. The van der Waals surface area contributed by atoms with E-state index in [0.29, 0.717) is 43.0 Å². The number of alkyl halides is 3. The Bertz CT molecular complexity index is 998. The molecule has 0 atom stereocenters. The van der Waals surface area contributed by atoms with E-state index in [4.69, 9.17) is 4.74 Å². The second-order valence-corrected chi connectivity index (χ2v) is 9.47. The predicted octanol–water partition coefficient (Wildman–Crippen LogP) is 4.18. The van der Waals surface area contributed by atoms with Gasteiger partial charge < -0.3 is 4.74 Å². The molecule has 0 saturated carbocycles. The molecule has 0 N–H and O–H groups in total. The summed E-state index contributed by atoms with van der Waals surface area (Å²) in [6.07, 6.45) is -4.69. The molecule has 2 aromatic rings. The Labute approximate surface area is 169 Å². The Hall–Kier alpha value is -2.07. The van der Waals surface area contributed by atoms with Gasteiger partial charge in [-0.15, -0.1) is 0 Å². The minimum atomic E-state index is -4.69. The topological polar surface area (TPSA) is 56.5 Å². The van der Waals surface area contributed by atoms with Crippen molar-refractivity contribution in [2.45, 2.75) is 45.8 Å². The molecular weight excluding hydrogens is 410 g/mol. The Kier molecular flexibility index (Phi) is 5.46. The zero-order valence-corrected chi connectivity index (χ0v) is 17.2. The fourth-order valence-corrected chi connectivity index (χ4v) is 3.67. The van der Waals surface area contributed by atoms with E-state index in [9.17, 15) is 22.4 Å². The molecule has 158 valence electrons. The third-order valence-electron chi connectivity index (χ3n) is 4.42. The molecule has 29 heavy (non-hydrogen) atoms. The number of hydrogen-bond acceptors (Lipinski definition) is 4. The van der Waals surface area contributed by atoms with E-state index in [0.717, 1.165) is 11.3 Å². The van der Waals surface area contributed by atoms with Crippen LogP contribution in [-0.4, -0.2) is 28.9 Å². The number of halogens is 4. The summed E-state index contributed by atoms with van der Waals surface area (Å²) in [5.41, 5.74) is -2.33. The van der Waals surface area contributed by atoms with Crippen molar-refractivity contribution in [1.29, 1.82) is 0 Å². The van der Waals surface area contributed by atoms with Crippen molar-refractivity contribution in [1.82, 2.24) is 9.78 Å². The summed E-state index contributed by atoms with van der Waals surface area (Å²) < 4.78 is 59.6. The number of carbonyl (C=O) groups excluding carboxylic acids is 1. The third-order valence-corrected chi connectivity index (χ3v) is 5.79. The van der Waals surface area contributed by atoms with E-state index in [1.807, 2.05) is 27.7 Å². The monoisotopic (exact) mass is 431 g/mol. The smallest absolute Gasteiger partial charge is 0.380 e. The fraction of sp³-hybridized carbons (Fsp3) is 0.526. The second-order valence-electron chi connectivity index (χ2n) is 8.51. The van der Waals surface area contributed by atoms with Crippen molar-refractivity contribution in [3.05, 3.63) is 45.0 Å². The van der Waals surface area contributed by atoms with E-state index in [1.54, 1.807) is 4.68 Å². The Morgan fingerprint density at radius 1 is 1.31 bits per heavy atom. The van der Waals surface area contributed by atoms with Gasteiger partial charge in [0.15, 0.2) is 0 Å². The average molecular weight is 431 g/mol. The molecular formula is C19H21F4N3O2S.